The fourth-order valence-electron chi connectivity index (χ4n) is 2.61. The lowest BCUT2D eigenvalue weighted by molar-refractivity contribution is -0.310. The number of carbonyl (C=O) groups excluding carboxylic acids is 2. The Morgan fingerprint density at radius 2 is 1.96 bits per heavy atom. The lowest BCUT2D eigenvalue weighted by atomic mass is 10.0. The van der Waals surface area contributed by atoms with E-state index in [0.29, 0.717) is 17.1 Å². The summed E-state index contributed by atoms with van der Waals surface area (Å²) in [7, 11) is 0. The molecule has 0 bridgehead atoms. The number of aryl methyl sites for hydroxylation is 3. The highest BCUT2D eigenvalue weighted by Crippen LogP contribution is 2.35. The lowest BCUT2D eigenvalue weighted by Gasteiger charge is -2.27. The summed E-state index contributed by atoms with van der Waals surface area (Å²) in [6.07, 6.45) is 3.99. The summed E-state index contributed by atoms with van der Waals surface area (Å²) in [5.74, 6) is -1.01. The topological polar surface area (TPSA) is 60.4 Å². The molecule has 1 heterocycles. The molecule has 0 N–H and O–H groups in total. The molecule has 2 rings (SSSR count). The first-order chi connectivity index (χ1) is 11.8. The van der Waals surface area contributed by atoms with Crippen molar-refractivity contribution in [1.82, 2.24) is 4.90 Å². The van der Waals surface area contributed by atoms with Crippen LogP contribution in [0.3, 0.4) is 0 Å². The first kappa shape index (κ1) is 20.0. The predicted molar refractivity (Wildman–Crippen MR) is 107 cm³/mol. The third-order valence-corrected chi connectivity index (χ3v) is 6.15. The van der Waals surface area contributed by atoms with Gasteiger partial charge in [-0.15, -0.1) is 0 Å². The third-order valence-electron chi connectivity index (χ3n) is 4.17. The van der Waals surface area contributed by atoms with Crippen LogP contribution < -0.4 is 5.11 Å². The summed E-state index contributed by atoms with van der Waals surface area (Å²) in [6.45, 7) is 6.05. The minimum absolute atomic E-state index is 0.271. The van der Waals surface area contributed by atoms with Gasteiger partial charge in [-0.25, -0.2) is 0 Å². The Balaban J connectivity index is 2.34. The molecule has 1 saturated heterocycles. The van der Waals surface area contributed by atoms with Gasteiger partial charge in [0.2, 0.25) is 0 Å². The number of amides is 1. The molecule has 0 aromatic heterocycles. The van der Waals surface area contributed by atoms with Gasteiger partial charge in [-0.05, 0) is 67.5 Å². The van der Waals surface area contributed by atoms with Crippen LogP contribution in [-0.2, 0) is 9.59 Å². The van der Waals surface area contributed by atoms with Crippen molar-refractivity contribution in [3.05, 3.63) is 39.3 Å². The highest BCUT2D eigenvalue weighted by Gasteiger charge is 2.37. The number of carboxylic acids is 1. The van der Waals surface area contributed by atoms with E-state index in [2.05, 4.69) is 6.07 Å². The first-order valence-electron chi connectivity index (χ1n) is 7.81. The molecular formula is C18H20NO3S3-. The number of nitrogens with zero attached hydrogens (tertiary/aromatic N) is 1. The fourth-order valence-corrected chi connectivity index (χ4v) is 4.42. The molecule has 0 spiro atoms. The normalized spacial score (nSPS) is 17.4. The van der Waals surface area contributed by atoms with Gasteiger partial charge in [0.05, 0.1) is 16.9 Å². The molecular weight excluding hydrogens is 374 g/mol. The minimum Gasteiger partial charge on any atom is -0.548 e. The van der Waals surface area contributed by atoms with Crippen molar-refractivity contribution >= 4 is 58.0 Å². The molecule has 1 atom stereocenters. The first-order valence-corrected chi connectivity index (χ1v) is 10.4. The Morgan fingerprint density at radius 3 is 2.56 bits per heavy atom. The summed E-state index contributed by atoms with van der Waals surface area (Å²) in [5.41, 5.74) is 4.33. The molecule has 7 heteroatoms. The van der Waals surface area contributed by atoms with E-state index in [9.17, 15) is 14.7 Å². The Kier molecular flexibility index (Phi) is 6.71. The van der Waals surface area contributed by atoms with Gasteiger partial charge in [-0.1, -0.05) is 36.1 Å². The van der Waals surface area contributed by atoms with Crippen LogP contribution in [0, 0.1) is 20.8 Å². The molecule has 1 fully saturated rings. The molecule has 1 aromatic rings. The van der Waals surface area contributed by atoms with Gasteiger partial charge in [0, 0.05) is 0 Å². The van der Waals surface area contributed by atoms with Crippen LogP contribution in [0.15, 0.2) is 17.0 Å². The van der Waals surface area contributed by atoms with E-state index in [4.69, 9.17) is 12.2 Å². The van der Waals surface area contributed by atoms with Crippen LogP contribution in [0.25, 0.3) is 6.08 Å². The summed E-state index contributed by atoms with van der Waals surface area (Å²) >= 11 is 7.93. The largest absolute Gasteiger partial charge is 0.548 e. The van der Waals surface area contributed by atoms with Crippen molar-refractivity contribution in [2.75, 3.05) is 12.0 Å². The zero-order chi connectivity index (χ0) is 18.7. The minimum atomic E-state index is -1.27. The van der Waals surface area contributed by atoms with Crippen LogP contribution in [0.2, 0.25) is 0 Å². The highest BCUT2D eigenvalue weighted by molar-refractivity contribution is 8.26. The van der Waals surface area contributed by atoms with Gasteiger partial charge in [-0.3, -0.25) is 9.69 Å². The van der Waals surface area contributed by atoms with Gasteiger partial charge >= 0.3 is 0 Å². The average Bonchev–Trinajstić information content (AvgIpc) is 2.80. The van der Waals surface area contributed by atoms with Gasteiger partial charge < -0.3 is 9.90 Å². The van der Waals surface area contributed by atoms with Crippen LogP contribution >= 0.6 is 35.7 Å². The predicted octanol–water partition coefficient (Wildman–Crippen LogP) is 2.68. The number of hydrogen-bond donors (Lipinski definition) is 0. The molecule has 0 radical (unpaired) electrons. The van der Waals surface area contributed by atoms with E-state index in [1.807, 2.05) is 33.1 Å². The number of carbonyl (C=O) groups is 2. The van der Waals surface area contributed by atoms with E-state index in [0.717, 1.165) is 28.5 Å². The molecule has 25 heavy (non-hydrogen) atoms. The van der Waals surface area contributed by atoms with Crippen molar-refractivity contribution < 1.29 is 14.7 Å². The van der Waals surface area contributed by atoms with E-state index in [-0.39, 0.29) is 10.2 Å². The summed E-state index contributed by atoms with van der Waals surface area (Å²) in [4.78, 5) is 25.9. The number of benzene rings is 1. The van der Waals surface area contributed by atoms with Crippen LogP contribution in [0.5, 0.6) is 0 Å². The molecule has 1 aliphatic rings. The molecule has 1 aliphatic heterocycles. The molecule has 1 amide bonds. The average molecular weight is 395 g/mol. The zero-order valence-corrected chi connectivity index (χ0v) is 17.1. The van der Waals surface area contributed by atoms with Gasteiger partial charge in [0.25, 0.3) is 5.91 Å². The standard InChI is InChI=1S/C18H21NO3S3/c1-10-7-12(3)13(8-11(10)2)9-15-16(20)19(18(23)25-15)14(17(21)22)5-6-24-4/h7-9,14H,5-6H2,1-4H3,(H,21,22)/p-1/b15-9+/t14-/m0/s1. The lowest BCUT2D eigenvalue weighted by Crippen LogP contribution is -2.50. The second-order valence-electron chi connectivity index (χ2n) is 5.96. The summed E-state index contributed by atoms with van der Waals surface area (Å²) < 4.78 is 0.271. The highest BCUT2D eigenvalue weighted by atomic mass is 32.2. The second kappa shape index (κ2) is 8.38. The monoisotopic (exact) mass is 394 g/mol. The van der Waals surface area contributed by atoms with Gasteiger partial charge in [0.15, 0.2) is 0 Å². The fraction of sp³-hybridized carbons (Fsp3) is 0.389. The van der Waals surface area contributed by atoms with E-state index in [1.165, 1.54) is 22.2 Å². The maximum absolute atomic E-state index is 12.7. The zero-order valence-electron chi connectivity index (χ0n) is 14.6. The number of thioether (sulfide) groups is 2. The smallest absolute Gasteiger partial charge is 0.266 e. The Hall–Kier alpha value is -1.31. The van der Waals surface area contributed by atoms with Gasteiger partial charge in [-0.2, -0.15) is 11.8 Å². The third kappa shape index (κ3) is 4.46. The molecule has 134 valence electrons. The Bertz CT molecular complexity index is 758. The summed E-state index contributed by atoms with van der Waals surface area (Å²) in [6, 6.07) is 3.08. The molecule has 0 saturated carbocycles. The van der Waals surface area contributed by atoms with Crippen LogP contribution in [-0.4, -0.2) is 39.1 Å². The number of carboxylic acid groups (broad SMARTS) is 1. The Morgan fingerprint density at radius 1 is 1.32 bits per heavy atom. The summed E-state index contributed by atoms with van der Waals surface area (Å²) in [5, 5.41) is 11.5. The number of hydrogen-bond acceptors (Lipinski definition) is 6. The van der Waals surface area contributed by atoms with Crippen molar-refractivity contribution in [2.24, 2.45) is 0 Å². The quantitative estimate of drug-likeness (QED) is 0.546. The van der Waals surface area contributed by atoms with E-state index >= 15 is 0 Å². The molecule has 4 nitrogen and oxygen atoms in total. The van der Waals surface area contributed by atoms with E-state index in [1.54, 1.807) is 6.08 Å². The maximum atomic E-state index is 12.7. The van der Waals surface area contributed by atoms with Crippen molar-refractivity contribution in [3.63, 3.8) is 0 Å². The van der Waals surface area contributed by atoms with Crippen LogP contribution in [0.4, 0.5) is 0 Å². The molecule has 0 unspecified atom stereocenters. The van der Waals surface area contributed by atoms with Crippen molar-refractivity contribution in [3.8, 4) is 0 Å². The van der Waals surface area contributed by atoms with Gasteiger partial charge in [0.1, 0.15) is 4.32 Å². The Labute approximate surface area is 162 Å². The SMILES string of the molecule is CSCC[C@@H](C(=O)[O-])N1C(=O)/C(=C\c2cc(C)c(C)cc2C)SC1=S. The second-order valence-corrected chi connectivity index (χ2v) is 8.62. The maximum Gasteiger partial charge on any atom is 0.266 e. The number of aliphatic carboxylic acids is 1. The van der Waals surface area contributed by atoms with E-state index < -0.39 is 12.0 Å². The molecule has 1 aromatic carbocycles. The van der Waals surface area contributed by atoms with Crippen molar-refractivity contribution in [1.29, 1.82) is 0 Å². The van der Waals surface area contributed by atoms with Crippen molar-refractivity contribution in [2.45, 2.75) is 33.2 Å². The van der Waals surface area contributed by atoms with Crippen LogP contribution in [0.1, 0.15) is 28.7 Å². The number of thiocarbonyl (C=S) groups is 1. The molecule has 0 aliphatic carbocycles. The number of rotatable bonds is 6.